The Morgan fingerprint density at radius 1 is 0.800 bits per heavy atom. The number of benzene rings is 3. The first-order chi connectivity index (χ1) is 14.6. The van der Waals surface area contributed by atoms with E-state index in [4.69, 9.17) is 18.9 Å². The standard InChI is InChI=1S/C25H24O5/c1-15-21(26)11-10-19-24(16-5-8-18(27-2)9-6-16)20(14-30-25(15)19)17-7-12-22(28-3)23(13-17)29-4/h5-13,26H,14H2,1-4H3. The second-order valence-corrected chi connectivity index (χ2v) is 7.03. The molecular weight excluding hydrogens is 380 g/mol. The highest BCUT2D eigenvalue weighted by molar-refractivity contribution is 6.02. The third kappa shape index (κ3) is 3.32. The maximum absolute atomic E-state index is 10.2. The molecule has 5 nitrogen and oxygen atoms in total. The number of hydrogen-bond acceptors (Lipinski definition) is 5. The second kappa shape index (κ2) is 8.03. The Hall–Kier alpha value is -3.60. The highest BCUT2D eigenvalue weighted by atomic mass is 16.5. The molecule has 1 N–H and O–H groups in total. The summed E-state index contributed by atoms with van der Waals surface area (Å²) in [6, 6.07) is 17.4. The molecule has 1 aliphatic rings. The summed E-state index contributed by atoms with van der Waals surface area (Å²) in [4.78, 5) is 0. The van der Waals surface area contributed by atoms with Gasteiger partial charge in [0.1, 0.15) is 23.9 Å². The summed E-state index contributed by atoms with van der Waals surface area (Å²) >= 11 is 0. The average Bonchev–Trinajstić information content (AvgIpc) is 2.80. The molecule has 0 saturated carbocycles. The van der Waals surface area contributed by atoms with Gasteiger partial charge in [-0.15, -0.1) is 0 Å². The van der Waals surface area contributed by atoms with Crippen LogP contribution in [0.5, 0.6) is 28.7 Å². The van der Waals surface area contributed by atoms with E-state index in [-0.39, 0.29) is 5.75 Å². The summed E-state index contributed by atoms with van der Waals surface area (Å²) in [6.07, 6.45) is 0. The van der Waals surface area contributed by atoms with E-state index in [9.17, 15) is 5.11 Å². The van der Waals surface area contributed by atoms with Crippen LogP contribution < -0.4 is 18.9 Å². The summed E-state index contributed by atoms with van der Waals surface area (Å²) < 4.78 is 22.3. The summed E-state index contributed by atoms with van der Waals surface area (Å²) in [5.74, 6) is 3.04. The topological polar surface area (TPSA) is 57.2 Å². The zero-order chi connectivity index (χ0) is 21.3. The molecule has 0 amide bonds. The minimum absolute atomic E-state index is 0.220. The maximum Gasteiger partial charge on any atom is 0.161 e. The normalized spacial score (nSPS) is 12.8. The van der Waals surface area contributed by atoms with Crippen LogP contribution in [0.1, 0.15) is 22.3 Å². The van der Waals surface area contributed by atoms with Crippen molar-refractivity contribution in [1.29, 1.82) is 0 Å². The van der Waals surface area contributed by atoms with Gasteiger partial charge in [-0.2, -0.15) is 0 Å². The quantitative estimate of drug-likeness (QED) is 0.643. The first-order valence-corrected chi connectivity index (χ1v) is 9.63. The van der Waals surface area contributed by atoms with Crippen LogP contribution in [0.25, 0.3) is 11.1 Å². The van der Waals surface area contributed by atoms with Crippen molar-refractivity contribution in [3.05, 3.63) is 76.9 Å². The molecule has 0 unspecified atom stereocenters. The SMILES string of the molecule is COc1ccc(C2=C(c3ccc(OC)c(OC)c3)COc3c2ccc(O)c3C)cc1. The van der Waals surface area contributed by atoms with E-state index in [1.54, 1.807) is 27.4 Å². The van der Waals surface area contributed by atoms with Gasteiger partial charge in [0.05, 0.1) is 21.3 Å². The summed E-state index contributed by atoms with van der Waals surface area (Å²) in [6.45, 7) is 2.23. The molecule has 0 bridgehead atoms. The van der Waals surface area contributed by atoms with Gasteiger partial charge in [-0.1, -0.05) is 18.2 Å². The van der Waals surface area contributed by atoms with Crippen molar-refractivity contribution in [2.24, 2.45) is 0 Å². The van der Waals surface area contributed by atoms with Crippen LogP contribution in [0.15, 0.2) is 54.6 Å². The van der Waals surface area contributed by atoms with E-state index in [2.05, 4.69) is 0 Å². The number of phenols is 1. The van der Waals surface area contributed by atoms with Crippen LogP contribution in [0.2, 0.25) is 0 Å². The largest absolute Gasteiger partial charge is 0.508 e. The molecule has 5 heteroatoms. The van der Waals surface area contributed by atoms with Gasteiger partial charge in [0, 0.05) is 16.7 Å². The van der Waals surface area contributed by atoms with Crippen molar-refractivity contribution in [1.82, 2.24) is 0 Å². The lowest BCUT2D eigenvalue weighted by Gasteiger charge is -2.27. The number of fused-ring (bicyclic) bond motifs is 1. The fourth-order valence-electron chi connectivity index (χ4n) is 3.78. The summed E-state index contributed by atoms with van der Waals surface area (Å²) in [5.41, 5.74) is 5.76. The fraction of sp³-hybridized carbons (Fsp3) is 0.200. The van der Waals surface area contributed by atoms with Gasteiger partial charge < -0.3 is 24.1 Å². The van der Waals surface area contributed by atoms with Crippen LogP contribution in [-0.2, 0) is 0 Å². The lowest BCUT2D eigenvalue weighted by molar-refractivity contribution is 0.353. The van der Waals surface area contributed by atoms with Crippen LogP contribution in [0, 0.1) is 6.92 Å². The Bertz CT molecular complexity index is 1110. The predicted molar refractivity (Wildman–Crippen MR) is 117 cm³/mol. The van der Waals surface area contributed by atoms with Crippen LogP contribution >= 0.6 is 0 Å². The van der Waals surface area contributed by atoms with Crippen molar-refractivity contribution in [2.45, 2.75) is 6.92 Å². The lowest BCUT2D eigenvalue weighted by Crippen LogP contribution is -2.13. The van der Waals surface area contributed by atoms with E-state index in [0.717, 1.165) is 39.1 Å². The van der Waals surface area contributed by atoms with Crippen molar-refractivity contribution < 1.29 is 24.1 Å². The number of methoxy groups -OCH3 is 3. The summed E-state index contributed by atoms with van der Waals surface area (Å²) in [5, 5.41) is 10.2. The zero-order valence-corrected chi connectivity index (χ0v) is 17.5. The van der Waals surface area contributed by atoms with E-state index in [0.29, 0.717) is 23.9 Å². The second-order valence-electron chi connectivity index (χ2n) is 7.03. The Labute approximate surface area is 176 Å². The average molecular weight is 404 g/mol. The van der Waals surface area contributed by atoms with Crippen molar-refractivity contribution in [3.63, 3.8) is 0 Å². The Kier molecular flexibility index (Phi) is 5.27. The van der Waals surface area contributed by atoms with Crippen molar-refractivity contribution in [3.8, 4) is 28.7 Å². The highest BCUT2D eigenvalue weighted by Gasteiger charge is 2.25. The van der Waals surface area contributed by atoms with E-state index in [1.165, 1.54) is 0 Å². The van der Waals surface area contributed by atoms with Gasteiger partial charge in [0.25, 0.3) is 0 Å². The van der Waals surface area contributed by atoms with E-state index in [1.807, 2.05) is 55.5 Å². The van der Waals surface area contributed by atoms with Gasteiger partial charge in [0.15, 0.2) is 11.5 Å². The zero-order valence-electron chi connectivity index (χ0n) is 17.5. The number of hydrogen-bond donors (Lipinski definition) is 1. The van der Waals surface area contributed by atoms with Crippen LogP contribution in [0.3, 0.4) is 0 Å². The molecule has 1 heterocycles. The van der Waals surface area contributed by atoms with Gasteiger partial charge in [-0.3, -0.25) is 0 Å². The molecule has 154 valence electrons. The highest BCUT2D eigenvalue weighted by Crippen LogP contribution is 2.45. The van der Waals surface area contributed by atoms with Crippen LogP contribution in [0.4, 0.5) is 0 Å². The van der Waals surface area contributed by atoms with Crippen LogP contribution in [-0.4, -0.2) is 33.0 Å². The van der Waals surface area contributed by atoms with Crippen molar-refractivity contribution in [2.75, 3.05) is 27.9 Å². The molecular formula is C25H24O5. The monoisotopic (exact) mass is 404 g/mol. The van der Waals surface area contributed by atoms with Crippen molar-refractivity contribution >= 4 is 11.1 Å². The van der Waals surface area contributed by atoms with Gasteiger partial charge in [-0.05, 0) is 60.0 Å². The number of phenolic OH excluding ortho intramolecular Hbond substituents is 1. The summed E-state index contributed by atoms with van der Waals surface area (Å²) in [7, 11) is 4.90. The van der Waals surface area contributed by atoms with Gasteiger partial charge >= 0.3 is 0 Å². The number of ether oxygens (including phenoxy) is 4. The lowest BCUT2D eigenvalue weighted by atomic mass is 9.86. The minimum Gasteiger partial charge on any atom is -0.508 e. The molecule has 3 aromatic rings. The molecule has 0 radical (unpaired) electrons. The first kappa shape index (κ1) is 19.7. The molecule has 0 saturated heterocycles. The Morgan fingerprint density at radius 2 is 1.50 bits per heavy atom. The molecule has 1 aliphatic heterocycles. The molecule has 3 aromatic carbocycles. The molecule has 0 spiro atoms. The third-order valence-corrected chi connectivity index (χ3v) is 5.42. The molecule has 0 atom stereocenters. The van der Waals surface area contributed by atoms with E-state index < -0.39 is 0 Å². The maximum atomic E-state index is 10.2. The van der Waals surface area contributed by atoms with Gasteiger partial charge in [-0.25, -0.2) is 0 Å². The Balaban J connectivity index is 1.97. The Morgan fingerprint density at radius 3 is 2.17 bits per heavy atom. The molecule has 0 aliphatic carbocycles. The smallest absolute Gasteiger partial charge is 0.161 e. The fourth-order valence-corrected chi connectivity index (χ4v) is 3.78. The minimum atomic E-state index is 0.220. The predicted octanol–water partition coefficient (Wildman–Crippen LogP) is 5.08. The third-order valence-electron chi connectivity index (χ3n) is 5.42. The molecule has 30 heavy (non-hydrogen) atoms. The molecule has 0 aromatic heterocycles. The van der Waals surface area contributed by atoms with Gasteiger partial charge in [0.2, 0.25) is 0 Å². The van der Waals surface area contributed by atoms with E-state index >= 15 is 0 Å². The first-order valence-electron chi connectivity index (χ1n) is 9.63. The molecule has 4 rings (SSSR count). The number of rotatable bonds is 5. The molecule has 0 fully saturated rings. The number of aromatic hydroxyl groups is 1.